The van der Waals surface area contributed by atoms with Gasteiger partial charge in [0.25, 0.3) is 5.91 Å². The van der Waals surface area contributed by atoms with Crippen LogP contribution in [0.15, 0.2) is 66.9 Å². The van der Waals surface area contributed by atoms with Crippen LogP contribution in [0, 0.1) is 11.3 Å². The van der Waals surface area contributed by atoms with E-state index in [-0.39, 0.29) is 23.7 Å². The molecule has 1 amide bonds. The molecule has 0 saturated carbocycles. The fraction of sp³-hybridized carbons (Fsp3) is 0.125. The molecule has 0 aliphatic carbocycles. The maximum atomic E-state index is 12.9. The number of nitriles is 1. The first-order chi connectivity index (χ1) is 16.2. The molecule has 0 aliphatic rings. The quantitative estimate of drug-likeness (QED) is 0.216. The summed E-state index contributed by atoms with van der Waals surface area (Å²) in [6.07, 6.45) is 0.151. The number of thiazole rings is 1. The van der Waals surface area contributed by atoms with Gasteiger partial charge < -0.3 is 4.74 Å². The van der Waals surface area contributed by atoms with E-state index in [2.05, 4.69) is 16.9 Å². The summed E-state index contributed by atoms with van der Waals surface area (Å²) in [4.78, 5) is 17.4. The second kappa shape index (κ2) is 11.0. The van der Waals surface area contributed by atoms with Gasteiger partial charge in [0.2, 0.25) is 0 Å². The Morgan fingerprint density at radius 1 is 1.29 bits per heavy atom. The number of hydrogen-bond acceptors (Lipinski definition) is 5. The van der Waals surface area contributed by atoms with Crippen LogP contribution in [0.5, 0.6) is 5.75 Å². The minimum absolute atomic E-state index is 0.208. The van der Waals surface area contributed by atoms with Crippen LogP contribution in [-0.4, -0.2) is 17.5 Å². The number of rotatable bonds is 8. The summed E-state index contributed by atoms with van der Waals surface area (Å²) in [5.74, 6) is -0.278. The third-order valence-electron chi connectivity index (χ3n) is 4.40. The Kier molecular flexibility index (Phi) is 8.10. The Morgan fingerprint density at radius 3 is 2.79 bits per heavy atom. The topological polar surface area (TPSA) is 75.0 Å². The van der Waals surface area contributed by atoms with E-state index in [0.717, 1.165) is 23.5 Å². The molecule has 1 aromatic heterocycles. The van der Waals surface area contributed by atoms with Gasteiger partial charge in [-0.05, 0) is 35.9 Å². The minimum atomic E-state index is -4.43. The molecule has 3 rings (SSSR count). The molecule has 10 heteroatoms. The summed E-state index contributed by atoms with van der Waals surface area (Å²) < 4.78 is 44.3. The molecule has 0 saturated heterocycles. The van der Waals surface area contributed by atoms with E-state index in [0.29, 0.717) is 26.8 Å². The van der Waals surface area contributed by atoms with E-state index in [1.807, 2.05) is 6.07 Å². The first-order valence-corrected chi connectivity index (χ1v) is 11.0. The van der Waals surface area contributed by atoms with E-state index in [1.54, 1.807) is 30.3 Å². The Morgan fingerprint density at radius 2 is 2.09 bits per heavy atom. The molecular formula is C24H17ClF3N3O2S. The van der Waals surface area contributed by atoms with Gasteiger partial charge in [-0.3, -0.25) is 10.1 Å². The highest BCUT2D eigenvalue weighted by molar-refractivity contribution is 7.15. The van der Waals surface area contributed by atoms with E-state index in [1.165, 1.54) is 18.3 Å². The Hall–Kier alpha value is -3.61. The maximum absolute atomic E-state index is 12.9. The molecule has 0 fully saturated rings. The molecule has 174 valence electrons. The number of aromatic nitrogens is 1. The zero-order valence-electron chi connectivity index (χ0n) is 17.5. The zero-order valence-corrected chi connectivity index (χ0v) is 19.1. The first-order valence-electron chi connectivity index (χ1n) is 9.77. The number of nitrogens with zero attached hydrogens (tertiary/aromatic N) is 2. The average Bonchev–Trinajstić information content (AvgIpc) is 3.22. The van der Waals surface area contributed by atoms with E-state index in [4.69, 9.17) is 16.3 Å². The molecule has 5 nitrogen and oxygen atoms in total. The van der Waals surface area contributed by atoms with E-state index >= 15 is 0 Å². The van der Waals surface area contributed by atoms with Crippen LogP contribution in [0.25, 0.3) is 6.08 Å². The molecule has 1 heterocycles. The van der Waals surface area contributed by atoms with Gasteiger partial charge in [0.1, 0.15) is 24.0 Å². The predicted octanol–water partition coefficient (Wildman–Crippen LogP) is 6.52. The molecule has 34 heavy (non-hydrogen) atoms. The van der Waals surface area contributed by atoms with E-state index < -0.39 is 17.6 Å². The van der Waals surface area contributed by atoms with Crippen molar-refractivity contribution in [3.8, 4) is 11.8 Å². The van der Waals surface area contributed by atoms with Gasteiger partial charge in [0.15, 0.2) is 5.13 Å². The van der Waals surface area contributed by atoms with Crippen LogP contribution in [-0.2, 0) is 17.4 Å². The number of nitrogens with one attached hydrogen (secondary N) is 1. The molecule has 2 aromatic carbocycles. The summed E-state index contributed by atoms with van der Waals surface area (Å²) >= 11 is 7.13. The monoisotopic (exact) mass is 503 g/mol. The van der Waals surface area contributed by atoms with Crippen molar-refractivity contribution < 1.29 is 22.7 Å². The molecule has 0 aliphatic heterocycles. The van der Waals surface area contributed by atoms with Crippen molar-refractivity contribution in [2.24, 2.45) is 0 Å². The number of benzene rings is 2. The number of amides is 1. The van der Waals surface area contributed by atoms with Gasteiger partial charge in [-0.1, -0.05) is 42.5 Å². The highest BCUT2D eigenvalue weighted by Crippen LogP contribution is 2.31. The lowest BCUT2D eigenvalue weighted by Gasteiger charge is -2.08. The number of halogens is 4. The molecule has 0 bridgehead atoms. The van der Waals surface area contributed by atoms with Crippen molar-refractivity contribution in [1.82, 2.24) is 4.98 Å². The van der Waals surface area contributed by atoms with Gasteiger partial charge in [-0.25, -0.2) is 4.98 Å². The van der Waals surface area contributed by atoms with Gasteiger partial charge in [0, 0.05) is 28.1 Å². The van der Waals surface area contributed by atoms with Gasteiger partial charge in [-0.15, -0.1) is 11.3 Å². The van der Waals surface area contributed by atoms with Crippen LogP contribution in [0.3, 0.4) is 0 Å². The molecule has 0 spiro atoms. The highest BCUT2D eigenvalue weighted by atomic mass is 35.5. The number of carbonyl (C=O) groups is 1. The predicted molar refractivity (Wildman–Crippen MR) is 126 cm³/mol. The van der Waals surface area contributed by atoms with Crippen LogP contribution in [0.2, 0.25) is 5.02 Å². The second-order valence-corrected chi connectivity index (χ2v) is 8.46. The van der Waals surface area contributed by atoms with Crippen molar-refractivity contribution in [3.05, 3.63) is 93.5 Å². The first kappa shape index (κ1) is 25.0. The molecular weight excluding hydrogens is 487 g/mol. The van der Waals surface area contributed by atoms with Gasteiger partial charge >= 0.3 is 6.18 Å². The van der Waals surface area contributed by atoms with E-state index in [9.17, 15) is 23.2 Å². The lowest BCUT2D eigenvalue weighted by atomic mass is 10.1. The number of hydrogen-bond donors (Lipinski definition) is 1. The Bertz CT molecular complexity index is 1280. The zero-order chi connectivity index (χ0) is 24.7. The average molecular weight is 504 g/mol. The third-order valence-corrected chi connectivity index (χ3v) is 5.55. The lowest BCUT2D eigenvalue weighted by Crippen LogP contribution is -2.13. The number of ether oxygens (including phenoxy) is 1. The molecule has 0 radical (unpaired) electrons. The van der Waals surface area contributed by atoms with Crippen molar-refractivity contribution in [1.29, 1.82) is 5.26 Å². The summed E-state index contributed by atoms with van der Waals surface area (Å²) in [7, 11) is 0. The maximum Gasteiger partial charge on any atom is 0.416 e. The molecule has 0 unspecified atom stereocenters. The Balaban J connectivity index is 1.74. The Labute approximate surface area is 202 Å². The smallest absolute Gasteiger partial charge is 0.416 e. The van der Waals surface area contributed by atoms with Crippen LogP contribution in [0.4, 0.5) is 18.3 Å². The van der Waals surface area contributed by atoms with Gasteiger partial charge in [-0.2, -0.15) is 18.4 Å². The lowest BCUT2D eigenvalue weighted by molar-refractivity contribution is -0.137. The fourth-order valence-electron chi connectivity index (χ4n) is 2.89. The number of carbonyl (C=O) groups excluding carboxylic acids is 1. The van der Waals surface area contributed by atoms with Crippen LogP contribution in [0.1, 0.15) is 21.6 Å². The van der Waals surface area contributed by atoms with Gasteiger partial charge in [0.05, 0.1) is 5.56 Å². The third kappa shape index (κ3) is 6.70. The van der Waals surface area contributed by atoms with Crippen molar-refractivity contribution in [3.63, 3.8) is 0 Å². The second-order valence-electron chi connectivity index (χ2n) is 6.91. The SMILES string of the molecule is C=CCOc1ccc(Cl)cc1C=C(C#N)C(=O)Nc1ncc(Cc2cccc(C(F)(F)F)c2)s1. The summed E-state index contributed by atoms with van der Waals surface area (Å²) in [6, 6.07) is 11.6. The van der Waals surface area contributed by atoms with Crippen molar-refractivity contribution in [2.75, 3.05) is 11.9 Å². The summed E-state index contributed by atoms with van der Waals surface area (Å²) in [5, 5.41) is 12.6. The van der Waals surface area contributed by atoms with Crippen molar-refractivity contribution >= 4 is 40.1 Å². The number of anilines is 1. The largest absolute Gasteiger partial charge is 0.489 e. The molecule has 0 atom stereocenters. The summed E-state index contributed by atoms with van der Waals surface area (Å²) in [5.41, 5.74) is -0.0444. The van der Waals surface area contributed by atoms with Crippen LogP contribution >= 0.6 is 22.9 Å². The van der Waals surface area contributed by atoms with Crippen LogP contribution < -0.4 is 10.1 Å². The standard InChI is InChI=1S/C24H17ClF3N3O2S/c1-2-8-33-21-7-6-19(25)12-16(21)11-17(13-29)22(32)31-23-30-14-20(34-23)10-15-4-3-5-18(9-15)24(26,27)28/h2-7,9,11-12,14H,1,8,10H2,(H,30,31,32). The highest BCUT2D eigenvalue weighted by Gasteiger charge is 2.30. The normalized spacial score (nSPS) is 11.6. The molecule has 3 aromatic rings. The summed E-state index contributed by atoms with van der Waals surface area (Å²) in [6.45, 7) is 3.81. The van der Waals surface area contributed by atoms with Crippen molar-refractivity contribution in [2.45, 2.75) is 12.6 Å². The minimum Gasteiger partial charge on any atom is -0.489 e. The fourth-order valence-corrected chi connectivity index (χ4v) is 3.91. The number of alkyl halides is 3. The molecule has 1 N–H and O–H groups in total.